The van der Waals surface area contributed by atoms with E-state index in [0.29, 0.717) is 29.4 Å². The highest BCUT2D eigenvalue weighted by atomic mass is 16.3. The summed E-state index contributed by atoms with van der Waals surface area (Å²) in [5, 5.41) is 21.8. The second kappa shape index (κ2) is 29.0. The molecule has 0 saturated heterocycles. The minimum absolute atomic E-state index is 0.485. The summed E-state index contributed by atoms with van der Waals surface area (Å²) < 4.78 is 26.5. The number of rotatable bonds is 8. The Kier molecular flexibility index (Phi) is 16.3. The maximum atomic E-state index is 6.74. The summed E-state index contributed by atoms with van der Waals surface area (Å²) in [4.78, 5) is 50.3. The maximum Gasteiger partial charge on any atom is 0.240 e. The number of pyridine rings is 3. The fourth-order valence-electron chi connectivity index (χ4n) is 19.3. The highest BCUT2D eigenvalue weighted by molar-refractivity contribution is 6.38. The summed E-state index contributed by atoms with van der Waals surface area (Å²) in [5.74, 6) is 2.93. The molecule has 16 heteroatoms. The third kappa shape index (κ3) is 11.2. The number of hydrogen-bond acceptors (Lipinski definition) is 13. The smallest absolute Gasteiger partial charge is 0.240 e. The first kappa shape index (κ1) is 71.9. The lowest BCUT2D eigenvalue weighted by atomic mass is 9.99. The molecule has 0 bridgehead atoms. The first-order chi connectivity index (χ1) is 63.5. The molecule has 12 aromatic heterocycles. The van der Waals surface area contributed by atoms with Crippen molar-refractivity contribution in [2.75, 3.05) is 0 Å². The summed E-state index contributed by atoms with van der Waals surface area (Å²) in [6.07, 6.45) is 5.50. The van der Waals surface area contributed by atoms with E-state index >= 15 is 0 Å². The Hall–Kier alpha value is -17.8. The Morgan fingerprint density at radius 2 is 0.500 bits per heavy atom. The molecule has 0 fully saturated rings. The molecule has 0 saturated carbocycles. The van der Waals surface area contributed by atoms with E-state index in [1.165, 1.54) is 10.8 Å². The van der Waals surface area contributed by atoms with E-state index in [1.807, 2.05) is 199 Å². The molecule has 128 heavy (non-hydrogen) atoms. The summed E-state index contributed by atoms with van der Waals surface area (Å²) in [6.45, 7) is 0. The van der Waals surface area contributed by atoms with Gasteiger partial charge in [0.2, 0.25) is 11.9 Å². The molecule has 16 nitrogen and oxygen atoms in total. The van der Waals surface area contributed by atoms with E-state index in [1.54, 1.807) is 0 Å². The molecule has 0 N–H and O–H groups in total. The highest BCUT2D eigenvalue weighted by Gasteiger charge is 2.30. The largest absolute Gasteiger partial charge is 0.454 e. The van der Waals surface area contributed by atoms with Gasteiger partial charge in [-0.2, -0.15) is 9.97 Å². The zero-order valence-electron chi connectivity index (χ0n) is 68.1. The Balaban J connectivity index is 0.000000102. The van der Waals surface area contributed by atoms with Crippen LogP contribution in [0.15, 0.2) is 408 Å². The van der Waals surface area contributed by atoms with E-state index in [-0.39, 0.29) is 0 Å². The van der Waals surface area contributed by atoms with E-state index in [2.05, 4.69) is 209 Å². The number of fused-ring (bicyclic) bond motifs is 32. The lowest BCUT2D eigenvalue weighted by Gasteiger charge is -2.13. The van der Waals surface area contributed by atoms with Gasteiger partial charge in [-0.3, -0.25) is 13.7 Å². The van der Waals surface area contributed by atoms with Gasteiger partial charge >= 0.3 is 0 Å². The summed E-state index contributed by atoms with van der Waals surface area (Å²) in [7, 11) is 0. The Morgan fingerprint density at radius 3 is 0.914 bits per heavy atom. The molecule has 0 unspecified atom stereocenters. The Morgan fingerprint density at radius 1 is 0.195 bits per heavy atom. The first-order valence-electron chi connectivity index (χ1n) is 42.5. The highest BCUT2D eigenvalue weighted by Crippen LogP contribution is 2.50. The third-order valence-electron chi connectivity index (χ3n) is 24.8. The molecular weight excluding hydrogens is 1580 g/mol. The van der Waals surface area contributed by atoms with Crippen molar-refractivity contribution in [1.29, 1.82) is 0 Å². The van der Waals surface area contributed by atoms with Crippen molar-refractivity contribution in [1.82, 2.24) is 63.5 Å². The molecule has 0 aliphatic carbocycles. The fourth-order valence-corrected chi connectivity index (χ4v) is 19.3. The van der Waals surface area contributed by atoms with Gasteiger partial charge in [-0.1, -0.05) is 297 Å². The van der Waals surface area contributed by atoms with Gasteiger partial charge in [-0.15, -0.1) is 0 Å². The van der Waals surface area contributed by atoms with Crippen LogP contribution < -0.4 is 0 Å². The second-order valence-electron chi connectivity index (χ2n) is 31.9. The van der Waals surface area contributed by atoms with E-state index in [9.17, 15) is 0 Å². The predicted molar refractivity (Wildman–Crippen MR) is 517 cm³/mol. The standard InChI is InChI=1S/C41H24N4O.C36H21N5O.C35H20N4O/c1-3-12-25(13-4-1)37-32-24-27(21-22-33(32)43-40(44-37)26-14-5-2-6-15-26)45-38-35(31-19-11-23-42-41(31)45)28-16-7-8-17-29(28)36-30-18-9-10-20-34(30)46-39(36)38;1-3-12-22(13-4-1)33-38-34(23-14-5-2-6-15-23)40-36(39-33)41-31-29(27-19-11-21-37-35(27)41)24-16-7-8-17-25(24)30-26-18-9-10-20-28(26)42-32(30)31;1-2-11-21(12-3-1)31-24-15-6-8-18-27(24)37-35(38-31)39-32-29(26-17-10-20-36-34(26)39)22-13-4-5-14-23(22)30-25-16-7-9-19-28(25)40-33(30)32/h1-24H;1-21H;1-20H. The normalized spacial score (nSPS) is 11.9. The number of para-hydroxylation sites is 4. The first-order valence-corrected chi connectivity index (χ1v) is 42.5. The molecule has 28 rings (SSSR count). The maximum absolute atomic E-state index is 6.74. The Bertz CT molecular complexity index is 9360. The van der Waals surface area contributed by atoms with Crippen LogP contribution in [0.25, 0.3) is 260 Å². The topological polar surface area (TPSA) is 183 Å². The van der Waals surface area contributed by atoms with Gasteiger partial charge < -0.3 is 13.3 Å². The van der Waals surface area contributed by atoms with Crippen LogP contribution in [-0.2, 0) is 0 Å². The van der Waals surface area contributed by atoms with Crippen molar-refractivity contribution < 1.29 is 13.3 Å². The lowest BCUT2D eigenvalue weighted by molar-refractivity contribution is 0.670. The molecular formula is C112H65N13O3. The zero-order chi connectivity index (χ0) is 84.0. The average Bonchev–Trinajstić information content (AvgIpc) is 1.55. The fraction of sp³-hybridized carbons (Fsp3) is 0. The van der Waals surface area contributed by atoms with E-state index < -0.39 is 0 Å². The predicted octanol–water partition coefficient (Wildman–Crippen LogP) is 28.1. The van der Waals surface area contributed by atoms with Gasteiger partial charge in [0.25, 0.3) is 0 Å². The average molecular weight is 1640 g/mol. The van der Waals surface area contributed by atoms with Gasteiger partial charge in [0.15, 0.2) is 34.2 Å². The van der Waals surface area contributed by atoms with Crippen LogP contribution in [0.5, 0.6) is 0 Å². The van der Waals surface area contributed by atoms with Crippen LogP contribution in [0, 0.1) is 0 Å². The molecule has 0 amide bonds. The van der Waals surface area contributed by atoms with Crippen LogP contribution in [-0.4, -0.2) is 63.5 Å². The van der Waals surface area contributed by atoms with Gasteiger partial charge in [0.1, 0.15) is 44.7 Å². The Labute approximate surface area is 726 Å². The number of hydrogen-bond donors (Lipinski definition) is 0. The molecule has 0 aliphatic rings. The van der Waals surface area contributed by atoms with E-state index in [0.717, 1.165) is 220 Å². The number of aromatic nitrogens is 13. The van der Waals surface area contributed by atoms with Gasteiger partial charge in [0.05, 0.1) is 27.9 Å². The zero-order valence-corrected chi connectivity index (χ0v) is 68.1. The van der Waals surface area contributed by atoms with Crippen LogP contribution >= 0.6 is 0 Å². The van der Waals surface area contributed by atoms with Crippen molar-refractivity contribution in [3.8, 4) is 74.3 Å². The number of nitrogens with zero attached hydrogens (tertiary/aromatic N) is 13. The van der Waals surface area contributed by atoms with Crippen molar-refractivity contribution in [3.63, 3.8) is 0 Å². The van der Waals surface area contributed by atoms with Gasteiger partial charge in [0, 0.05) is 128 Å². The van der Waals surface area contributed by atoms with Crippen molar-refractivity contribution >= 4 is 186 Å². The molecule has 0 radical (unpaired) electrons. The second-order valence-corrected chi connectivity index (χ2v) is 31.9. The third-order valence-corrected chi connectivity index (χ3v) is 24.8. The summed E-state index contributed by atoms with van der Waals surface area (Å²) in [6, 6.07) is 128. The molecule has 0 aliphatic heterocycles. The van der Waals surface area contributed by atoms with Crippen molar-refractivity contribution in [3.05, 3.63) is 395 Å². The van der Waals surface area contributed by atoms with Gasteiger partial charge in [-0.05, 0) is 111 Å². The molecule has 16 aromatic carbocycles. The van der Waals surface area contributed by atoms with E-state index in [4.69, 9.17) is 63.1 Å². The van der Waals surface area contributed by atoms with Gasteiger partial charge in [-0.25, -0.2) is 39.9 Å². The molecule has 596 valence electrons. The molecule has 12 heterocycles. The number of benzene rings is 16. The summed E-state index contributed by atoms with van der Waals surface area (Å²) in [5.41, 5.74) is 19.6. The molecule has 0 spiro atoms. The van der Waals surface area contributed by atoms with Crippen molar-refractivity contribution in [2.45, 2.75) is 0 Å². The quantitative estimate of drug-likeness (QED) is 0.140. The monoisotopic (exact) mass is 1640 g/mol. The summed E-state index contributed by atoms with van der Waals surface area (Å²) >= 11 is 0. The SMILES string of the molecule is c1ccc(-c2nc(-c3ccccc3)c3cc(-n4c5ncccc5c5c6ccccc6c6c7ccccc7oc6c54)ccc3n2)cc1.c1ccc(-c2nc(-c3ccccc3)nc(-n3c4ncccc4c4c5ccccc5c5c6ccccc6oc5c43)n2)cc1.c1ccc(-c2nc(-n3c4ncccc4c4c5ccccc5c5c6ccccc6oc5c43)nc3ccccc23)cc1. The van der Waals surface area contributed by atoms with Crippen LogP contribution in [0.4, 0.5) is 0 Å². The minimum atomic E-state index is 0.485. The molecule has 0 atom stereocenters. The van der Waals surface area contributed by atoms with Crippen molar-refractivity contribution in [2.24, 2.45) is 0 Å². The van der Waals surface area contributed by atoms with Crippen LogP contribution in [0.2, 0.25) is 0 Å². The lowest BCUT2D eigenvalue weighted by Crippen LogP contribution is -2.07. The number of furan rings is 3. The molecule has 28 aromatic rings. The van der Waals surface area contributed by atoms with Crippen LogP contribution in [0.3, 0.4) is 0 Å². The minimum Gasteiger partial charge on any atom is -0.454 e. The van der Waals surface area contributed by atoms with Crippen LogP contribution in [0.1, 0.15) is 0 Å².